The van der Waals surface area contributed by atoms with Crippen LogP contribution in [0, 0.1) is 23.4 Å². The Kier molecular flexibility index (Phi) is 10.4. The molecular formula is C30H27F3N4O8S. The van der Waals surface area contributed by atoms with Crippen LogP contribution in [0.15, 0.2) is 71.8 Å². The number of aromatic nitrogens is 2. The standard InChI is InChI=1S/C29H23F3N4O5.CH4O3S/c1-2-40-23-10-12-36(18-7-5-17(30)6-8-18)29(39)26(23)28(38)34-22-14-21(32)24(15-20(22)31)41-19-9-11-33-25(13-19)35-27(37)16-3-4-16;1-5(2,3)4/h5-16H,2-4H2,1H3,(H,34,38)(H,33,35,37);1H3,(H,2,3,4). The molecule has 242 valence electrons. The second-order valence-corrected chi connectivity index (χ2v) is 11.3. The number of halogens is 3. The first-order valence-electron chi connectivity index (χ1n) is 13.6. The summed E-state index contributed by atoms with van der Waals surface area (Å²) in [6, 6.07) is 10.6. The summed E-state index contributed by atoms with van der Waals surface area (Å²) in [6.45, 7) is 1.77. The van der Waals surface area contributed by atoms with Crippen molar-refractivity contribution < 1.29 is 45.2 Å². The van der Waals surface area contributed by atoms with Crippen molar-refractivity contribution in [3.63, 3.8) is 0 Å². The van der Waals surface area contributed by atoms with Crippen LogP contribution < -0.4 is 25.7 Å². The lowest BCUT2D eigenvalue weighted by atomic mass is 10.2. The number of hydrogen-bond donors (Lipinski definition) is 3. The number of hydrogen-bond acceptors (Lipinski definition) is 8. The van der Waals surface area contributed by atoms with Gasteiger partial charge in [0.1, 0.15) is 28.7 Å². The molecule has 0 radical (unpaired) electrons. The predicted octanol–water partition coefficient (Wildman–Crippen LogP) is 4.95. The second-order valence-electron chi connectivity index (χ2n) is 9.83. The number of carbonyl (C=O) groups is 2. The molecule has 2 amide bonds. The Balaban J connectivity index is 0.000000892. The molecule has 1 aliphatic rings. The van der Waals surface area contributed by atoms with Crippen LogP contribution in [0.25, 0.3) is 5.69 Å². The summed E-state index contributed by atoms with van der Waals surface area (Å²) in [5.74, 6) is -4.12. The SMILES string of the molecule is CCOc1ccn(-c2ccc(F)cc2)c(=O)c1C(=O)Nc1cc(F)c(Oc2ccnc(NC(=O)C3CC3)c2)cc1F.CS(=O)(=O)O. The van der Waals surface area contributed by atoms with Crippen LogP contribution in [-0.2, 0) is 14.9 Å². The Morgan fingerprint density at radius 1 is 1.00 bits per heavy atom. The Morgan fingerprint density at radius 2 is 1.67 bits per heavy atom. The van der Waals surface area contributed by atoms with Gasteiger partial charge in [-0.2, -0.15) is 8.42 Å². The van der Waals surface area contributed by atoms with E-state index in [1.54, 1.807) is 6.92 Å². The maximum atomic E-state index is 15.0. The van der Waals surface area contributed by atoms with E-state index in [2.05, 4.69) is 15.6 Å². The molecule has 0 bridgehead atoms. The van der Waals surface area contributed by atoms with E-state index in [1.807, 2.05) is 0 Å². The molecule has 0 unspecified atom stereocenters. The molecule has 1 saturated carbocycles. The number of benzene rings is 2. The number of pyridine rings is 2. The molecule has 0 aliphatic heterocycles. The van der Waals surface area contributed by atoms with Crippen molar-refractivity contribution in [1.29, 1.82) is 0 Å². The van der Waals surface area contributed by atoms with Crippen molar-refractivity contribution in [1.82, 2.24) is 9.55 Å². The Bertz CT molecular complexity index is 1920. The first-order chi connectivity index (χ1) is 21.7. The lowest BCUT2D eigenvalue weighted by molar-refractivity contribution is -0.117. The maximum Gasteiger partial charge on any atom is 0.271 e. The van der Waals surface area contributed by atoms with Gasteiger partial charge in [0.05, 0.1) is 18.6 Å². The van der Waals surface area contributed by atoms with Crippen molar-refractivity contribution in [3.05, 3.63) is 100 Å². The number of anilines is 2. The Labute approximate surface area is 260 Å². The number of carbonyl (C=O) groups excluding carboxylic acids is 2. The van der Waals surface area contributed by atoms with E-state index >= 15 is 4.39 Å². The van der Waals surface area contributed by atoms with Gasteiger partial charge in [-0.05, 0) is 56.2 Å². The number of amides is 2. The Hall–Kier alpha value is -5.22. The molecule has 4 aromatic rings. The van der Waals surface area contributed by atoms with Crippen molar-refractivity contribution in [3.8, 4) is 22.9 Å². The number of rotatable bonds is 9. The van der Waals surface area contributed by atoms with Crippen LogP contribution in [0.2, 0.25) is 0 Å². The Morgan fingerprint density at radius 3 is 2.30 bits per heavy atom. The minimum absolute atomic E-state index is 0.0537. The van der Waals surface area contributed by atoms with Gasteiger partial charge >= 0.3 is 0 Å². The molecule has 5 rings (SSSR count). The molecule has 0 spiro atoms. The van der Waals surface area contributed by atoms with Gasteiger partial charge in [0.2, 0.25) is 5.91 Å². The van der Waals surface area contributed by atoms with Crippen molar-refractivity contribution in [2.45, 2.75) is 19.8 Å². The molecule has 2 heterocycles. The lowest BCUT2D eigenvalue weighted by Crippen LogP contribution is -2.29. The zero-order valence-electron chi connectivity index (χ0n) is 24.3. The summed E-state index contributed by atoms with van der Waals surface area (Å²) in [4.78, 5) is 42.4. The van der Waals surface area contributed by atoms with Crippen molar-refractivity contribution in [2.75, 3.05) is 23.5 Å². The quantitative estimate of drug-likeness (QED) is 0.211. The monoisotopic (exact) mass is 660 g/mol. The minimum atomic E-state index is -3.67. The van der Waals surface area contributed by atoms with Crippen LogP contribution in [-0.4, -0.2) is 47.2 Å². The van der Waals surface area contributed by atoms with Crippen LogP contribution in [0.5, 0.6) is 17.2 Å². The van der Waals surface area contributed by atoms with Crippen molar-refractivity contribution in [2.24, 2.45) is 5.92 Å². The second kappa shape index (κ2) is 14.3. The van der Waals surface area contributed by atoms with Crippen LogP contribution >= 0.6 is 0 Å². The van der Waals surface area contributed by atoms with E-state index in [0.29, 0.717) is 12.3 Å². The number of nitrogens with zero attached hydrogens (tertiary/aromatic N) is 2. The highest BCUT2D eigenvalue weighted by Crippen LogP contribution is 2.32. The fourth-order valence-corrected chi connectivity index (χ4v) is 3.94. The lowest BCUT2D eigenvalue weighted by Gasteiger charge is -2.14. The zero-order valence-corrected chi connectivity index (χ0v) is 25.1. The van der Waals surface area contributed by atoms with Crippen LogP contribution in [0.1, 0.15) is 30.1 Å². The summed E-state index contributed by atoms with van der Waals surface area (Å²) in [6.07, 6.45) is 5.02. The summed E-state index contributed by atoms with van der Waals surface area (Å²) in [7, 11) is -3.67. The molecule has 1 aliphatic carbocycles. The molecule has 46 heavy (non-hydrogen) atoms. The molecule has 3 N–H and O–H groups in total. The molecule has 16 heteroatoms. The van der Waals surface area contributed by atoms with Gasteiger partial charge in [-0.15, -0.1) is 0 Å². The van der Waals surface area contributed by atoms with E-state index in [-0.39, 0.29) is 41.4 Å². The normalized spacial score (nSPS) is 12.4. The van der Waals surface area contributed by atoms with Crippen LogP contribution in [0.3, 0.4) is 0 Å². The highest BCUT2D eigenvalue weighted by Gasteiger charge is 2.30. The van der Waals surface area contributed by atoms with Gasteiger partial charge < -0.3 is 20.1 Å². The fraction of sp³-hybridized carbons (Fsp3) is 0.200. The third-order valence-electron chi connectivity index (χ3n) is 6.11. The molecule has 1 fully saturated rings. The van der Waals surface area contributed by atoms with Gasteiger partial charge in [0.15, 0.2) is 17.4 Å². The summed E-state index contributed by atoms with van der Waals surface area (Å²) < 4.78 is 81.2. The molecular weight excluding hydrogens is 633 g/mol. The van der Waals surface area contributed by atoms with Crippen LogP contribution in [0.4, 0.5) is 24.7 Å². The fourth-order valence-electron chi connectivity index (χ4n) is 3.94. The predicted molar refractivity (Wildman–Crippen MR) is 161 cm³/mol. The third-order valence-corrected chi connectivity index (χ3v) is 6.11. The van der Waals surface area contributed by atoms with Gasteiger partial charge in [-0.25, -0.2) is 18.2 Å². The van der Waals surface area contributed by atoms with Gasteiger partial charge in [-0.3, -0.25) is 23.5 Å². The summed E-state index contributed by atoms with van der Waals surface area (Å²) in [5, 5.41) is 4.85. The van der Waals surface area contributed by atoms with Gasteiger partial charge in [-0.1, -0.05) is 0 Å². The molecule has 2 aromatic heterocycles. The van der Waals surface area contributed by atoms with Crippen molar-refractivity contribution >= 4 is 33.4 Å². The smallest absolute Gasteiger partial charge is 0.271 e. The zero-order chi connectivity index (χ0) is 33.6. The molecule has 2 aromatic carbocycles. The van der Waals surface area contributed by atoms with E-state index in [1.165, 1.54) is 42.7 Å². The third kappa shape index (κ3) is 9.15. The highest BCUT2D eigenvalue weighted by molar-refractivity contribution is 7.85. The average molecular weight is 661 g/mol. The summed E-state index contributed by atoms with van der Waals surface area (Å²) >= 11 is 0. The van der Waals surface area contributed by atoms with E-state index in [9.17, 15) is 31.6 Å². The largest absolute Gasteiger partial charge is 0.493 e. The highest BCUT2D eigenvalue weighted by atomic mass is 32.2. The average Bonchev–Trinajstić information content (AvgIpc) is 3.82. The molecule has 12 nitrogen and oxygen atoms in total. The number of nitrogens with one attached hydrogen (secondary N) is 2. The van der Waals surface area contributed by atoms with E-state index in [4.69, 9.17) is 14.0 Å². The minimum Gasteiger partial charge on any atom is -0.493 e. The van der Waals surface area contributed by atoms with E-state index < -0.39 is 56.0 Å². The first-order valence-corrected chi connectivity index (χ1v) is 15.4. The van der Waals surface area contributed by atoms with Gasteiger partial charge in [0, 0.05) is 42.2 Å². The maximum absolute atomic E-state index is 15.0. The topological polar surface area (TPSA) is 166 Å². The van der Waals surface area contributed by atoms with E-state index in [0.717, 1.165) is 35.6 Å². The number of ether oxygens (including phenoxy) is 2. The summed E-state index contributed by atoms with van der Waals surface area (Å²) in [5.41, 5.74) is -1.55. The molecule has 0 atom stereocenters. The van der Waals surface area contributed by atoms with Gasteiger partial charge in [0.25, 0.3) is 21.6 Å². The molecule has 0 saturated heterocycles. The first kappa shape index (κ1) is 33.7.